The lowest BCUT2D eigenvalue weighted by molar-refractivity contribution is 0.535. The Morgan fingerprint density at radius 2 is 2.00 bits per heavy atom. The van der Waals surface area contributed by atoms with Crippen molar-refractivity contribution in [3.05, 3.63) is 35.9 Å². The van der Waals surface area contributed by atoms with Crippen molar-refractivity contribution >= 4 is 0 Å². The molecule has 1 aromatic carbocycles. The Morgan fingerprint density at radius 1 is 1.36 bits per heavy atom. The van der Waals surface area contributed by atoms with Gasteiger partial charge in [0.15, 0.2) is 0 Å². The zero-order chi connectivity index (χ0) is 10.4. The quantitative estimate of drug-likeness (QED) is 0.714. The zero-order valence-corrected chi connectivity index (χ0v) is 8.83. The summed E-state index contributed by atoms with van der Waals surface area (Å²) in [5, 5.41) is 3.17. The van der Waals surface area contributed by atoms with Crippen LogP contribution in [0.1, 0.15) is 24.8 Å². The topological polar surface area (TPSA) is 12.0 Å². The number of terminal acetylenes is 1. The summed E-state index contributed by atoms with van der Waals surface area (Å²) in [6, 6.07) is 10.5. The highest BCUT2D eigenvalue weighted by Crippen LogP contribution is 2.22. The maximum Gasteiger partial charge on any atom is 0.0753 e. The van der Waals surface area contributed by atoms with Crippen LogP contribution in [0, 0.1) is 12.3 Å². The molecule has 0 aliphatic heterocycles. The Morgan fingerprint density at radius 3 is 2.43 bits per heavy atom. The smallest absolute Gasteiger partial charge is 0.0753 e. The molecule has 1 N–H and O–H groups in total. The van der Waals surface area contributed by atoms with Crippen LogP contribution in [-0.2, 0) is 0 Å². The van der Waals surface area contributed by atoms with Crippen molar-refractivity contribution in [2.75, 3.05) is 7.05 Å². The zero-order valence-electron chi connectivity index (χ0n) is 8.83. The summed E-state index contributed by atoms with van der Waals surface area (Å²) in [5.41, 5.74) is 1.31. The van der Waals surface area contributed by atoms with Crippen LogP contribution in [0.2, 0.25) is 0 Å². The Bertz CT molecular complexity index is 297. The van der Waals surface area contributed by atoms with Crippen molar-refractivity contribution in [1.82, 2.24) is 5.32 Å². The highest BCUT2D eigenvalue weighted by atomic mass is 14.9. The molecule has 2 atom stereocenters. The molecule has 0 aromatic heterocycles. The van der Waals surface area contributed by atoms with Gasteiger partial charge in [-0.2, -0.15) is 0 Å². The molecule has 0 fully saturated rings. The van der Waals surface area contributed by atoms with Gasteiger partial charge in [0, 0.05) is 5.92 Å². The van der Waals surface area contributed by atoms with Crippen molar-refractivity contribution in [2.45, 2.75) is 25.3 Å². The molecule has 0 saturated carbocycles. The molecule has 1 aromatic rings. The molecule has 0 bridgehead atoms. The number of rotatable bonds is 4. The van der Waals surface area contributed by atoms with E-state index in [2.05, 4.69) is 42.4 Å². The first kappa shape index (κ1) is 10.8. The fourth-order valence-corrected chi connectivity index (χ4v) is 1.76. The van der Waals surface area contributed by atoms with E-state index in [1.165, 1.54) is 5.56 Å². The predicted octanol–water partition coefficient (Wildman–Crippen LogP) is 2.40. The minimum absolute atomic E-state index is 0.127. The Labute approximate surface area is 86.5 Å². The van der Waals surface area contributed by atoms with Gasteiger partial charge >= 0.3 is 0 Å². The lowest BCUT2D eigenvalue weighted by atomic mass is 9.90. The number of hydrogen-bond acceptors (Lipinski definition) is 1. The van der Waals surface area contributed by atoms with Crippen LogP contribution in [0.3, 0.4) is 0 Å². The lowest BCUT2D eigenvalue weighted by Gasteiger charge is -2.21. The summed E-state index contributed by atoms with van der Waals surface area (Å²) >= 11 is 0. The second kappa shape index (κ2) is 5.47. The third-order valence-electron chi connectivity index (χ3n) is 2.56. The highest BCUT2D eigenvalue weighted by molar-refractivity contribution is 5.24. The molecule has 0 spiro atoms. The Balaban J connectivity index is 2.88. The average Bonchev–Trinajstić information content (AvgIpc) is 2.27. The van der Waals surface area contributed by atoms with Gasteiger partial charge in [-0.1, -0.05) is 43.2 Å². The van der Waals surface area contributed by atoms with E-state index in [1.54, 1.807) is 0 Å². The SMILES string of the molecule is C#CC(NC)C(CC)c1ccccc1. The van der Waals surface area contributed by atoms with Gasteiger partial charge in [0.25, 0.3) is 0 Å². The second-order valence-electron chi connectivity index (χ2n) is 3.36. The van der Waals surface area contributed by atoms with E-state index >= 15 is 0 Å². The molecule has 2 unspecified atom stereocenters. The molecular weight excluding hydrogens is 170 g/mol. The lowest BCUT2D eigenvalue weighted by Crippen LogP contribution is -2.30. The maximum absolute atomic E-state index is 5.48. The predicted molar refractivity (Wildman–Crippen MR) is 61.2 cm³/mol. The van der Waals surface area contributed by atoms with E-state index in [9.17, 15) is 0 Å². The normalized spacial score (nSPS) is 14.4. The number of hydrogen-bond donors (Lipinski definition) is 1. The number of likely N-dealkylation sites (N-methyl/N-ethyl adjacent to an activating group) is 1. The summed E-state index contributed by atoms with van der Waals surface area (Å²) in [6.07, 6.45) is 6.54. The molecule has 0 amide bonds. The summed E-state index contributed by atoms with van der Waals surface area (Å²) in [6.45, 7) is 2.17. The van der Waals surface area contributed by atoms with Gasteiger partial charge in [0.05, 0.1) is 6.04 Å². The molecule has 0 aliphatic carbocycles. The van der Waals surface area contributed by atoms with Gasteiger partial charge in [0.2, 0.25) is 0 Å². The van der Waals surface area contributed by atoms with Gasteiger partial charge in [0.1, 0.15) is 0 Å². The molecular formula is C13H17N. The monoisotopic (exact) mass is 187 g/mol. The van der Waals surface area contributed by atoms with Crippen LogP contribution >= 0.6 is 0 Å². The molecule has 1 nitrogen and oxygen atoms in total. The molecule has 74 valence electrons. The molecule has 1 rings (SSSR count). The Kier molecular flexibility index (Phi) is 4.22. The highest BCUT2D eigenvalue weighted by Gasteiger charge is 2.17. The van der Waals surface area contributed by atoms with Gasteiger partial charge in [-0.25, -0.2) is 0 Å². The van der Waals surface area contributed by atoms with E-state index in [-0.39, 0.29) is 6.04 Å². The summed E-state index contributed by atoms with van der Waals surface area (Å²) in [4.78, 5) is 0. The average molecular weight is 187 g/mol. The first-order chi connectivity index (χ1) is 6.83. The van der Waals surface area contributed by atoms with Crippen molar-refractivity contribution in [2.24, 2.45) is 0 Å². The Hall–Kier alpha value is -1.26. The van der Waals surface area contributed by atoms with E-state index in [1.807, 2.05) is 13.1 Å². The van der Waals surface area contributed by atoms with E-state index in [0.717, 1.165) is 6.42 Å². The standard InChI is InChI=1S/C13H17N/c1-4-12(13(5-2)14-3)11-9-7-6-8-10-11/h2,6-10,12-14H,4H2,1,3H3. The van der Waals surface area contributed by atoms with Crippen molar-refractivity contribution in [1.29, 1.82) is 0 Å². The molecule has 0 saturated heterocycles. The van der Waals surface area contributed by atoms with Crippen LogP contribution in [0.25, 0.3) is 0 Å². The fourth-order valence-electron chi connectivity index (χ4n) is 1.76. The van der Waals surface area contributed by atoms with Crippen LogP contribution in [0.5, 0.6) is 0 Å². The van der Waals surface area contributed by atoms with Gasteiger partial charge in [-0.05, 0) is 19.0 Å². The van der Waals surface area contributed by atoms with Crippen molar-refractivity contribution in [3.8, 4) is 12.3 Å². The largest absolute Gasteiger partial charge is 0.306 e. The number of benzene rings is 1. The third-order valence-corrected chi connectivity index (χ3v) is 2.56. The summed E-state index contributed by atoms with van der Waals surface area (Å²) in [7, 11) is 1.91. The minimum atomic E-state index is 0.127. The summed E-state index contributed by atoms with van der Waals surface area (Å²) in [5.74, 6) is 3.20. The van der Waals surface area contributed by atoms with Crippen LogP contribution in [0.15, 0.2) is 30.3 Å². The fraction of sp³-hybridized carbons (Fsp3) is 0.385. The molecule has 0 aliphatic rings. The second-order valence-corrected chi connectivity index (χ2v) is 3.36. The molecule has 0 radical (unpaired) electrons. The van der Waals surface area contributed by atoms with Crippen molar-refractivity contribution < 1.29 is 0 Å². The molecule has 14 heavy (non-hydrogen) atoms. The van der Waals surface area contributed by atoms with Crippen LogP contribution < -0.4 is 5.32 Å². The number of nitrogens with one attached hydrogen (secondary N) is 1. The van der Waals surface area contributed by atoms with Gasteiger partial charge in [-0.3, -0.25) is 0 Å². The van der Waals surface area contributed by atoms with Crippen LogP contribution in [-0.4, -0.2) is 13.1 Å². The molecule has 1 heteroatoms. The summed E-state index contributed by atoms with van der Waals surface area (Å²) < 4.78 is 0. The van der Waals surface area contributed by atoms with Gasteiger partial charge < -0.3 is 5.32 Å². The third kappa shape index (κ3) is 2.37. The first-order valence-corrected chi connectivity index (χ1v) is 5.01. The van der Waals surface area contributed by atoms with Gasteiger partial charge in [-0.15, -0.1) is 6.42 Å². The maximum atomic E-state index is 5.48. The van der Waals surface area contributed by atoms with Crippen molar-refractivity contribution in [3.63, 3.8) is 0 Å². The minimum Gasteiger partial charge on any atom is -0.306 e. The van der Waals surface area contributed by atoms with E-state index in [0.29, 0.717) is 5.92 Å². The van der Waals surface area contributed by atoms with E-state index in [4.69, 9.17) is 6.42 Å². The molecule has 0 heterocycles. The first-order valence-electron chi connectivity index (χ1n) is 5.01. The van der Waals surface area contributed by atoms with Crippen LogP contribution in [0.4, 0.5) is 0 Å². The van der Waals surface area contributed by atoms with E-state index < -0.39 is 0 Å².